The molecule has 0 spiro atoms. The van der Waals surface area contributed by atoms with Gasteiger partial charge in [0.05, 0.1) is 18.0 Å². The molecule has 0 unspecified atom stereocenters. The molecule has 22 heavy (non-hydrogen) atoms. The van der Waals surface area contributed by atoms with Crippen LogP contribution >= 0.6 is 0 Å². The van der Waals surface area contributed by atoms with Crippen LogP contribution in [-0.2, 0) is 4.79 Å². The van der Waals surface area contributed by atoms with Crippen LogP contribution in [0.2, 0.25) is 0 Å². The van der Waals surface area contributed by atoms with E-state index in [0.717, 1.165) is 38.5 Å². The van der Waals surface area contributed by atoms with E-state index < -0.39 is 11.5 Å². The van der Waals surface area contributed by atoms with Crippen LogP contribution in [-0.4, -0.2) is 32.3 Å². The fourth-order valence-electron chi connectivity index (χ4n) is 3.82. The Morgan fingerprint density at radius 1 is 1.27 bits per heavy atom. The third-order valence-corrected chi connectivity index (χ3v) is 4.97. The summed E-state index contributed by atoms with van der Waals surface area (Å²) in [6.45, 7) is 0. The van der Waals surface area contributed by atoms with Crippen molar-refractivity contribution in [3.63, 3.8) is 0 Å². The number of nitrogens with zero attached hydrogens (tertiary/aromatic N) is 2. The van der Waals surface area contributed by atoms with Crippen molar-refractivity contribution in [1.29, 1.82) is 0 Å². The first-order valence-electron chi connectivity index (χ1n) is 8.17. The highest BCUT2D eigenvalue weighted by molar-refractivity contribution is 5.93. The molecule has 3 rings (SSSR count). The number of nitrogens with one attached hydrogen (secondary N) is 1. The Bertz CT molecular complexity index is 555. The first kappa shape index (κ1) is 15.1. The lowest BCUT2D eigenvalue weighted by molar-refractivity contribution is -0.138. The molecule has 2 aliphatic carbocycles. The molecule has 0 aromatic carbocycles. The zero-order valence-electron chi connectivity index (χ0n) is 12.8. The van der Waals surface area contributed by atoms with Gasteiger partial charge in [-0.3, -0.25) is 14.3 Å². The molecular weight excluding hydrogens is 282 g/mol. The average Bonchev–Trinajstić information content (AvgIpc) is 3.19. The third kappa shape index (κ3) is 3.15. The van der Waals surface area contributed by atoms with E-state index >= 15 is 0 Å². The highest BCUT2D eigenvalue weighted by Crippen LogP contribution is 2.33. The van der Waals surface area contributed by atoms with Crippen molar-refractivity contribution in [1.82, 2.24) is 15.1 Å². The molecule has 0 saturated heterocycles. The second kappa shape index (κ2) is 6.10. The maximum atomic E-state index is 12.4. The van der Waals surface area contributed by atoms with Gasteiger partial charge in [0.2, 0.25) is 0 Å². The van der Waals surface area contributed by atoms with Crippen molar-refractivity contribution in [3.8, 4) is 0 Å². The van der Waals surface area contributed by atoms with E-state index in [0.29, 0.717) is 11.7 Å². The Balaban J connectivity index is 1.69. The zero-order valence-corrected chi connectivity index (χ0v) is 12.8. The van der Waals surface area contributed by atoms with Crippen LogP contribution in [0.5, 0.6) is 0 Å². The molecule has 1 amide bonds. The summed E-state index contributed by atoms with van der Waals surface area (Å²) in [5.41, 5.74) is -0.205. The molecule has 2 fully saturated rings. The Morgan fingerprint density at radius 2 is 1.95 bits per heavy atom. The molecule has 0 bridgehead atoms. The molecule has 6 heteroatoms. The molecule has 1 aromatic heterocycles. The van der Waals surface area contributed by atoms with E-state index in [-0.39, 0.29) is 12.3 Å². The quantitative estimate of drug-likeness (QED) is 0.875. The van der Waals surface area contributed by atoms with Crippen LogP contribution in [0.1, 0.15) is 74.3 Å². The summed E-state index contributed by atoms with van der Waals surface area (Å²) in [4.78, 5) is 23.5. The SMILES string of the molecule is O=C(O)CC1(NC(=O)c2ccn(C3CCCC3)n2)CCCC1. The van der Waals surface area contributed by atoms with Gasteiger partial charge in [-0.25, -0.2) is 0 Å². The minimum atomic E-state index is -0.862. The van der Waals surface area contributed by atoms with Crippen LogP contribution in [0, 0.1) is 0 Å². The van der Waals surface area contributed by atoms with Gasteiger partial charge in [-0.05, 0) is 31.7 Å². The number of aromatic nitrogens is 2. The summed E-state index contributed by atoms with van der Waals surface area (Å²) in [5.74, 6) is -1.11. The minimum Gasteiger partial charge on any atom is -0.481 e. The topological polar surface area (TPSA) is 84.2 Å². The highest BCUT2D eigenvalue weighted by atomic mass is 16.4. The molecule has 2 saturated carbocycles. The third-order valence-electron chi connectivity index (χ3n) is 4.97. The molecule has 2 N–H and O–H groups in total. The summed E-state index contributed by atoms with van der Waals surface area (Å²) in [5, 5.41) is 16.4. The van der Waals surface area contributed by atoms with Crippen molar-refractivity contribution in [2.75, 3.05) is 0 Å². The molecule has 2 aliphatic rings. The second-order valence-electron chi connectivity index (χ2n) is 6.63. The van der Waals surface area contributed by atoms with Crippen LogP contribution in [0.4, 0.5) is 0 Å². The molecular formula is C16H23N3O3. The number of hydrogen-bond acceptors (Lipinski definition) is 3. The number of hydrogen-bond donors (Lipinski definition) is 2. The highest BCUT2D eigenvalue weighted by Gasteiger charge is 2.38. The summed E-state index contributed by atoms with van der Waals surface area (Å²) in [6.07, 6.45) is 9.90. The van der Waals surface area contributed by atoms with Gasteiger partial charge in [-0.1, -0.05) is 25.7 Å². The van der Waals surface area contributed by atoms with Gasteiger partial charge >= 0.3 is 5.97 Å². The number of carbonyl (C=O) groups excluding carboxylic acids is 1. The predicted molar refractivity (Wildman–Crippen MR) is 80.7 cm³/mol. The Hall–Kier alpha value is -1.85. The van der Waals surface area contributed by atoms with E-state index in [1.54, 1.807) is 6.07 Å². The Kier molecular flexibility index (Phi) is 4.18. The summed E-state index contributed by atoms with van der Waals surface area (Å²) < 4.78 is 1.89. The lowest BCUT2D eigenvalue weighted by Gasteiger charge is -2.28. The van der Waals surface area contributed by atoms with Crippen LogP contribution in [0.25, 0.3) is 0 Å². The van der Waals surface area contributed by atoms with Gasteiger partial charge in [0.15, 0.2) is 0 Å². The maximum Gasteiger partial charge on any atom is 0.305 e. The molecule has 1 aromatic rings. The van der Waals surface area contributed by atoms with E-state index in [2.05, 4.69) is 10.4 Å². The van der Waals surface area contributed by atoms with Crippen molar-refractivity contribution in [2.45, 2.75) is 69.4 Å². The summed E-state index contributed by atoms with van der Waals surface area (Å²) >= 11 is 0. The zero-order chi connectivity index (χ0) is 15.6. The molecule has 0 atom stereocenters. The summed E-state index contributed by atoms with van der Waals surface area (Å²) in [7, 11) is 0. The van der Waals surface area contributed by atoms with Crippen LogP contribution < -0.4 is 5.32 Å². The number of aliphatic carboxylic acids is 1. The smallest absolute Gasteiger partial charge is 0.305 e. The van der Waals surface area contributed by atoms with Gasteiger partial charge in [0.1, 0.15) is 5.69 Å². The number of amides is 1. The van der Waals surface area contributed by atoms with Crippen molar-refractivity contribution in [2.24, 2.45) is 0 Å². The van der Waals surface area contributed by atoms with Gasteiger partial charge < -0.3 is 10.4 Å². The van der Waals surface area contributed by atoms with Gasteiger partial charge in [-0.2, -0.15) is 5.10 Å². The minimum absolute atomic E-state index is 0.0118. The fourth-order valence-corrected chi connectivity index (χ4v) is 3.82. The normalized spacial score (nSPS) is 21.1. The Labute approximate surface area is 129 Å². The number of rotatable bonds is 5. The fraction of sp³-hybridized carbons (Fsp3) is 0.688. The lowest BCUT2D eigenvalue weighted by Crippen LogP contribution is -2.48. The largest absolute Gasteiger partial charge is 0.481 e. The number of carbonyl (C=O) groups is 2. The molecule has 120 valence electrons. The van der Waals surface area contributed by atoms with Crippen LogP contribution in [0.15, 0.2) is 12.3 Å². The first-order valence-corrected chi connectivity index (χ1v) is 8.17. The second-order valence-corrected chi connectivity index (χ2v) is 6.63. The van der Waals surface area contributed by atoms with E-state index in [9.17, 15) is 9.59 Å². The summed E-state index contributed by atoms with van der Waals surface area (Å²) in [6, 6.07) is 2.14. The van der Waals surface area contributed by atoms with Gasteiger partial charge in [0.25, 0.3) is 5.91 Å². The molecule has 0 radical (unpaired) electrons. The molecule has 1 heterocycles. The van der Waals surface area contributed by atoms with E-state index in [1.165, 1.54) is 12.8 Å². The van der Waals surface area contributed by atoms with Gasteiger partial charge in [-0.15, -0.1) is 0 Å². The standard InChI is InChI=1S/C16H23N3O3/c20-14(21)11-16(8-3-4-9-16)17-15(22)13-7-10-19(18-13)12-5-1-2-6-12/h7,10,12H,1-6,8-9,11H2,(H,17,22)(H,20,21). The van der Waals surface area contributed by atoms with Crippen LogP contribution in [0.3, 0.4) is 0 Å². The molecule has 6 nitrogen and oxygen atoms in total. The van der Waals surface area contributed by atoms with E-state index in [1.807, 2.05) is 10.9 Å². The van der Waals surface area contributed by atoms with Crippen molar-refractivity contribution < 1.29 is 14.7 Å². The van der Waals surface area contributed by atoms with Gasteiger partial charge in [0, 0.05) is 6.20 Å². The molecule has 0 aliphatic heterocycles. The monoisotopic (exact) mass is 305 g/mol. The predicted octanol–water partition coefficient (Wildman–Crippen LogP) is 2.52. The first-order chi connectivity index (χ1) is 10.6. The van der Waals surface area contributed by atoms with Crippen molar-refractivity contribution in [3.05, 3.63) is 18.0 Å². The lowest BCUT2D eigenvalue weighted by atomic mass is 9.93. The Morgan fingerprint density at radius 3 is 2.59 bits per heavy atom. The average molecular weight is 305 g/mol. The number of carboxylic acids is 1. The maximum absolute atomic E-state index is 12.4. The van der Waals surface area contributed by atoms with Crippen molar-refractivity contribution >= 4 is 11.9 Å². The van der Waals surface area contributed by atoms with E-state index in [4.69, 9.17) is 5.11 Å². The number of carboxylic acid groups (broad SMARTS) is 1.